The highest BCUT2D eigenvalue weighted by atomic mass is 16.6. The Hall–Kier alpha value is -1.65. The van der Waals surface area contributed by atoms with Gasteiger partial charge in [-0.1, -0.05) is 13.0 Å². The molecule has 94 valence electrons. The molecule has 1 aliphatic rings. The predicted octanol–water partition coefficient (Wildman–Crippen LogP) is 2.46. The number of nitrogens with zero attached hydrogens (tertiary/aromatic N) is 1. The number of ether oxygens (including phenoxy) is 1. The van der Waals surface area contributed by atoms with Gasteiger partial charge in [0.1, 0.15) is 0 Å². The van der Waals surface area contributed by atoms with Gasteiger partial charge in [-0.05, 0) is 19.3 Å². The Kier molecular flexibility index (Phi) is 4.43. The Balaban J connectivity index is 3.09. The van der Waals surface area contributed by atoms with E-state index in [-0.39, 0.29) is 11.7 Å². The molecule has 0 bridgehead atoms. The molecule has 17 heavy (non-hydrogen) atoms. The highest BCUT2D eigenvalue weighted by molar-refractivity contribution is 5.80. The van der Waals surface area contributed by atoms with Crippen molar-refractivity contribution in [1.29, 1.82) is 0 Å². The molecule has 0 spiro atoms. The maximum atomic E-state index is 11.8. The quantitative estimate of drug-likeness (QED) is 0.320. The third-order valence-corrected chi connectivity index (χ3v) is 2.96. The lowest BCUT2D eigenvalue weighted by molar-refractivity contribution is -0.428. The van der Waals surface area contributed by atoms with E-state index in [0.29, 0.717) is 25.9 Å². The van der Waals surface area contributed by atoms with Gasteiger partial charge in [-0.15, -0.1) is 6.58 Å². The molecule has 0 aromatic heterocycles. The minimum atomic E-state index is -0.890. The summed E-state index contributed by atoms with van der Waals surface area (Å²) in [6.45, 7) is 5.70. The molecule has 0 radical (unpaired) electrons. The van der Waals surface area contributed by atoms with Gasteiger partial charge in [0.05, 0.1) is 16.9 Å². The summed E-state index contributed by atoms with van der Waals surface area (Å²) < 4.78 is 5.02. The molecule has 0 aliphatic carbocycles. The van der Waals surface area contributed by atoms with Gasteiger partial charge < -0.3 is 4.74 Å². The van der Waals surface area contributed by atoms with Gasteiger partial charge >= 0.3 is 5.97 Å². The molecule has 0 aromatic rings. The Morgan fingerprint density at radius 2 is 2.41 bits per heavy atom. The van der Waals surface area contributed by atoms with E-state index in [9.17, 15) is 14.9 Å². The third kappa shape index (κ3) is 2.93. The van der Waals surface area contributed by atoms with Crippen molar-refractivity contribution in [2.45, 2.75) is 32.6 Å². The summed E-state index contributed by atoms with van der Waals surface area (Å²) in [6, 6.07) is 0. The van der Waals surface area contributed by atoms with Crippen LogP contribution in [0.5, 0.6) is 0 Å². The Bertz CT molecular complexity index is 362. The molecule has 1 fully saturated rings. The summed E-state index contributed by atoms with van der Waals surface area (Å²) in [7, 11) is 0. The smallest absolute Gasteiger partial charge is 0.316 e. The van der Waals surface area contributed by atoms with E-state index < -0.39 is 10.3 Å². The molecule has 1 heterocycles. The first-order valence-corrected chi connectivity index (χ1v) is 5.70. The third-order valence-electron chi connectivity index (χ3n) is 2.96. The van der Waals surface area contributed by atoms with Gasteiger partial charge in [0.25, 0.3) is 0 Å². The number of rotatable bonds is 5. The Labute approximate surface area is 100 Å². The lowest BCUT2D eigenvalue weighted by Gasteiger charge is -2.31. The average Bonchev–Trinajstić information content (AvgIpc) is 2.30. The summed E-state index contributed by atoms with van der Waals surface area (Å²) in [5.74, 6) is -0.378. The summed E-state index contributed by atoms with van der Waals surface area (Å²) >= 11 is 0. The van der Waals surface area contributed by atoms with E-state index in [1.807, 2.05) is 0 Å². The van der Waals surface area contributed by atoms with Crippen LogP contribution in [-0.2, 0) is 9.53 Å². The molecule has 0 amide bonds. The zero-order valence-corrected chi connectivity index (χ0v) is 9.98. The fraction of sp³-hybridized carbons (Fsp3) is 0.583. The number of hydrogen-bond donors (Lipinski definition) is 0. The standard InChI is InChI=1S/C12H17NO4/c1-3-6-12(7-5-8-17-11(12)14)9-10(4-2)13(15)16/h3,9H,1,4-8H2,2H3/b10-9+/t12-/m0/s1. The zero-order valence-electron chi connectivity index (χ0n) is 9.98. The van der Waals surface area contributed by atoms with Crippen LogP contribution < -0.4 is 0 Å². The molecule has 5 nitrogen and oxygen atoms in total. The lowest BCUT2D eigenvalue weighted by Crippen LogP contribution is -2.36. The van der Waals surface area contributed by atoms with Crippen molar-refractivity contribution in [3.05, 3.63) is 34.5 Å². The van der Waals surface area contributed by atoms with Gasteiger partial charge in [0.2, 0.25) is 5.70 Å². The van der Waals surface area contributed by atoms with E-state index in [1.165, 1.54) is 6.08 Å². The van der Waals surface area contributed by atoms with Crippen molar-refractivity contribution in [1.82, 2.24) is 0 Å². The number of esters is 1. The fourth-order valence-electron chi connectivity index (χ4n) is 2.03. The van der Waals surface area contributed by atoms with Crippen molar-refractivity contribution < 1.29 is 14.5 Å². The summed E-state index contributed by atoms with van der Waals surface area (Å²) in [6.07, 6.45) is 5.04. The van der Waals surface area contributed by atoms with Gasteiger partial charge in [-0.25, -0.2) is 0 Å². The minimum absolute atomic E-state index is 0.0608. The summed E-state index contributed by atoms with van der Waals surface area (Å²) in [4.78, 5) is 22.2. The van der Waals surface area contributed by atoms with Gasteiger partial charge in [-0.2, -0.15) is 0 Å². The molecule has 0 saturated carbocycles. The second-order valence-corrected chi connectivity index (χ2v) is 4.13. The van der Waals surface area contributed by atoms with Crippen molar-refractivity contribution in [2.24, 2.45) is 5.41 Å². The fourth-order valence-corrected chi connectivity index (χ4v) is 2.03. The zero-order chi connectivity index (χ0) is 12.9. The molecule has 0 aromatic carbocycles. The van der Waals surface area contributed by atoms with Gasteiger partial charge in [0, 0.05) is 12.5 Å². The number of cyclic esters (lactones) is 1. The van der Waals surface area contributed by atoms with Crippen LogP contribution in [0.2, 0.25) is 0 Å². The first kappa shape index (κ1) is 13.4. The SMILES string of the molecule is C=CC[C@@]1(/C=C(\CC)[N+](=O)[O-])CCCOC1=O. The number of allylic oxidation sites excluding steroid dienone is 2. The van der Waals surface area contributed by atoms with E-state index in [2.05, 4.69) is 6.58 Å². The molecule has 1 rings (SSSR count). The van der Waals surface area contributed by atoms with Crippen molar-refractivity contribution in [3.63, 3.8) is 0 Å². The Morgan fingerprint density at radius 1 is 1.71 bits per heavy atom. The summed E-state index contributed by atoms with van der Waals surface area (Å²) in [5.41, 5.74) is -0.830. The van der Waals surface area contributed by atoms with Crippen molar-refractivity contribution in [2.75, 3.05) is 6.61 Å². The molecular formula is C12H17NO4. The van der Waals surface area contributed by atoms with Crippen LogP contribution >= 0.6 is 0 Å². The largest absolute Gasteiger partial charge is 0.465 e. The van der Waals surface area contributed by atoms with Crippen LogP contribution in [0.1, 0.15) is 32.6 Å². The van der Waals surface area contributed by atoms with E-state index in [0.717, 1.165) is 6.42 Å². The number of carbonyl (C=O) groups excluding carboxylic acids is 1. The monoisotopic (exact) mass is 239 g/mol. The van der Waals surface area contributed by atoms with E-state index in [1.54, 1.807) is 13.0 Å². The number of carbonyl (C=O) groups is 1. The van der Waals surface area contributed by atoms with E-state index in [4.69, 9.17) is 4.74 Å². The molecule has 1 saturated heterocycles. The van der Waals surface area contributed by atoms with Gasteiger partial charge in [-0.3, -0.25) is 14.9 Å². The normalized spacial score (nSPS) is 25.2. The molecule has 0 N–H and O–H groups in total. The van der Waals surface area contributed by atoms with Crippen LogP contribution in [0.4, 0.5) is 0 Å². The molecule has 5 heteroatoms. The maximum absolute atomic E-state index is 11.8. The topological polar surface area (TPSA) is 69.4 Å². The van der Waals surface area contributed by atoms with Crippen LogP contribution in [0, 0.1) is 15.5 Å². The average molecular weight is 239 g/mol. The first-order valence-electron chi connectivity index (χ1n) is 5.70. The molecule has 1 aliphatic heterocycles. The van der Waals surface area contributed by atoms with Crippen LogP contribution in [0.15, 0.2) is 24.4 Å². The number of nitro groups is 1. The molecule has 1 atom stereocenters. The Morgan fingerprint density at radius 3 is 2.88 bits per heavy atom. The first-order chi connectivity index (χ1) is 8.05. The van der Waals surface area contributed by atoms with Gasteiger partial charge in [0.15, 0.2) is 0 Å². The lowest BCUT2D eigenvalue weighted by atomic mass is 9.78. The van der Waals surface area contributed by atoms with Crippen LogP contribution in [0.25, 0.3) is 0 Å². The summed E-state index contributed by atoms with van der Waals surface area (Å²) in [5, 5.41) is 10.8. The van der Waals surface area contributed by atoms with Crippen molar-refractivity contribution in [3.8, 4) is 0 Å². The maximum Gasteiger partial charge on any atom is 0.316 e. The molecule has 0 unspecified atom stereocenters. The second kappa shape index (κ2) is 5.61. The van der Waals surface area contributed by atoms with Crippen molar-refractivity contribution >= 4 is 5.97 Å². The predicted molar refractivity (Wildman–Crippen MR) is 62.8 cm³/mol. The number of hydrogen-bond acceptors (Lipinski definition) is 4. The van der Waals surface area contributed by atoms with E-state index >= 15 is 0 Å². The highest BCUT2D eigenvalue weighted by Gasteiger charge is 2.41. The van der Waals surface area contributed by atoms with Crippen LogP contribution in [-0.4, -0.2) is 17.5 Å². The molecular weight excluding hydrogens is 222 g/mol. The highest BCUT2D eigenvalue weighted by Crippen LogP contribution is 2.36. The van der Waals surface area contributed by atoms with Crippen LogP contribution in [0.3, 0.4) is 0 Å². The minimum Gasteiger partial charge on any atom is -0.465 e. The second-order valence-electron chi connectivity index (χ2n) is 4.13.